The van der Waals surface area contributed by atoms with E-state index in [9.17, 15) is 10.2 Å². The Kier molecular flexibility index (Phi) is 6.31. The van der Waals surface area contributed by atoms with E-state index in [4.69, 9.17) is 18.9 Å². The Balaban J connectivity index is 2.18. The highest BCUT2D eigenvalue weighted by Crippen LogP contribution is 2.54. The van der Waals surface area contributed by atoms with Crippen LogP contribution in [-0.4, -0.2) is 51.9 Å². The molecule has 6 heteroatoms. The standard InChI is InChI=1S/C22H28O6/c1-25-18-6-5-13(9-19(18)26-2)22-16-11-21(28-4)20(27-3)10-15(16)14(7-8-23)17(22)12-24/h5-6,9-11,14,17,22-24H,7-8,12H2,1-4H3/t14-,17-,22-/m1/s1. The molecule has 3 atom stereocenters. The fourth-order valence-corrected chi connectivity index (χ4v) is 4.41. The zero-order valence-electron chi connectivity index (χ0n) is 16.8. The van der Waals surface area contributed by atoms with Gasteiger partial charge in [-0.2, -0.15) is 0 Å². The van der Waals surface area contributed by atoms with Gasteiger partial charge in [-0.3, -0.25) is 0 Å². The van der Waals surface area contributed by atoms with E-state index in [0.29, 0.717) is 29.4 Å². The van der Waals surface area contributed by atoms with Gasteiger partial charge in [0.25, 0.3) is 0 Å². The van der Waals surface area contributed by atoms with Gasteiger partial charge >= 0.3 is 0 Å². The van der Waals surface area contributed by atoms with Crippen molar-refractivity contribution in [2.45, 2.75) is 18.3 Å². The number of hydrogen-bond donors (Lipinski definition) is 2. The zero-order valence-corrected chi connectivity index (χ0v) is 16.8. The minimum atomic E-state index is -0.0722. The molecule has 0 bridgehead atoms. The van der Waals surface area contributed by atoms with Crippen LogP contribution in [0.15, 0.2) is 30.3 Å². The molecule has 0 radical (unpaired) electrons. The van der Waals surface area contributed by atoms with Gasteiger partial charge in [0, 0.05) is 19.1 Å². The van der Waals surface area contributed by atoms with Crippen LogP contribution in [0, 0.1) is 5.92 Å². The number of benzene rings is 2. The highest BCUT2D eigenvalue weighted by Gasteiger charge is 2.42. The number of rotatable bonds is 8. The molecule has 0 amide bonds. The minimum absolute atomic E-state index is 0.00297. The van der Waals surface area contributed by atoms with Gasteiger partial charge in [-0.15, -0.1) is 0 Å². The summed E-state index contributed by atoms with van der Waals surface area (Å²) in [4.78, 5) is 0. The van der Waals surface area contributed by atoms with E-state index in [1.54, 1.807) is 28.4 Å². The van der Waals surface area contributed by atoms with Gasteiger partial charge < -0.3 is 29.2 Å². The summed E-state index contributed by atoms with van der Waals surface area (Å²) in [6.45, 7) is 0.0522. The second kappa shape index (κ2) is 8.71. The van der Waals surface area contributed by atoms with Crippen LogP contribution in [0.2, 0.25) is 0 Å². The average Bonchev–Trinajstić information content (AvgIpc) is 3.04. The van der Waals surface area contributed by atoms with Crippen molar-refractivity contribution < 1.29 is 29.2 Å². The monoisotopic (exact) mass is 388 g/mol. The highest BCUT2D eigenvalue weighted by atomic mass is 16.5. The third-order valence-corrected chi connectivity index (χ3v) is 5.69. The maximum Gasteiger partial charge on any atom is 0.161 e. The lowest BCUT2D eigenvalue weighted by atomic mass is 9.82. The van der Waals surface area contributed by atoms with E-state index in [0.717, 1.165) is 16.7 Å². The van der Waals surface area contributed by atoms with Crippen molar-refractivity contribution in [3.8, 4) is 23.0 Å². The van der Waals surface area contributed by atoms with E-state index >= 15 is 0 Å². The fraction of sp³-hybridized carbons (Fsp3) is 0.455. The van der Waals surface area contributed by atoms with Crippen molar-refractivity contribution in [2.24, 2.45) is 5.92 Å². The van der Waals surface area contributed by atoms with E-state index in [1.165, 1.54) is 0 Å². The molecule has 0 spiro atoms. The molecule has 0 unspecified atom stereocenters. The van der Waals surface area contributed by atoms with Crippen molar-refractivity contribution in [1.82, 2.24) is 0 Å². The number of aliphatic hydroxyl groups excluding tert-OH is 2. The SMILES string of the molecule is COc1ccc([C@@H]2c3cc(OC)c(OC)cc3[C@@H](CCO)[C@H]2CO)cc1OC. The fourth-order valence-electron chi connectivity index (χ4n) is 4.41. The normalized spacial score (nSPS) is 20.6. The van der Waals surface area contributed by atoms with Crippen LogP contribution in [0.5, 0.6) is 23.0 Å². The summed E-state index contributed by atoms with van der Waals surface area (Å²) < 4.78 is 21.8. The number of methoxy groups -OCH3 is 4. The van der Waals surface area contributed by atoms with Gasteiger partial charge in [0.2, 0.25) is 0 Å². The number of fused-ring (bicyclic) bond motifs is 1. The minimum Gasteiger partial charge on any atom is -0.493 e. The van der Waals surface area contributed by atoms with Gasteiger partial charge in [0.15, 0.2) is 23.0 Å². The molecule has 0 aromatic heterocycles. The molecule has 2 aromatic carbocycles. The summed E-state index contributed by atoms with van der Waals surface area (Å²) in [5, 5.41) is 19.9. The lowest BCUT2D eigenvalue weighted by Gasteiger charge is -2.24. The zero-order chi connectivity index (χ0) is 20.3. The van der Waals surface area contributed by atoms with E-state index in [1.807, 2.05) is 30.3 Å². The summed E-state index contributed by atoms with van der Waals surface area (Å²) in [7, 11) is 6.43. The molecule has 3 rings (SSSR count). The Bertz CT molecular complexity index is 819. The van der Waals surface area contributed by atoms with E-state index < -0.39 is 0 Å². The smallest absolute Gasteiger partial charge is 0.161 e. The Hall–Kier alpha value is -2.44. The first-order chi connectivity index (χ1) is 13.6. The summed E-state index contributed by atoms with van der Waals surface area (Å²) in [5.74, 6) is 2.48. The summed E-state index contributed by atoms with van der Waals surface area (Å²) >= 11 is 0. The average molecular weight is 388 g/mol. The molecular weight excluding hydrogens is 360 g/mol. The Morgan fingerprint density at radius 1 is 0.750 bits per heavy atom. The molecule has 2 N–H and O–H groups in total. The van der Waals surface area contributed by atoms with Crippen molar-refractivity contribution in [1.29, 1.82) is 0 Å². The van der Waals surface area contributed by atoms with Crippen LogP contribution in [0.4, 0.5) is 0 Å². The van der Waals surface area contributed by atoms with Gasteiger partial charge in [-0.25, -0.2) is 0 Å². The van der Waals surface area contributed by atoms with Crippen molar-refractivity contribution in [3.05, 3.63) is 47.0 Å². The summed E-state index contributed by atoms with van der Waals surface area (Å²) in [5.41, 5.74) is 3.17. The molecule has 6 nitrogen and oxygen atoms in total. The van der Waals surface area contributed by atoms with Gasteiger partial charge in [0.05, 0.1) is 28.4 Å². The van der Waals surface area contributed by atoms with Crippen molar-refractivity contribution >= 4 is 0 Å². The van der Waals surface area contributed by atoms with Gasteiger partial charge in [-0.05, 0) is 59.2 Å². The van der Waals surface area contributed by atoms with Gasteiger partial charge in [-0.1, -0.05) is 6.07 Å². The number of hydrogen-bond acceptors (Lipinski definition) is 6. The molecule has 152 valence electrons. The van der Waals surface area contributed by atoms with E-state index in [-0.39, 0.29) is 31.0 Å². The molecule has 0 saturated carbocycles. The van der Waals surface area contributed by atoms with Crippen LogP contribution >= 0.6 is 0 Å². The molecule has 2 aromatic rings. The van der Waals surface area contributed by atoms with Crippen molar-refractivity contribution in [3.63, 3.8) is 0 Å². The number of ether oxygens (including phenoxy) is 4. The first kappa shape index (κ1) is 20.3. The second-order valence-electron chi connectivity index (χ2n) is 6.89. The van der Waals surface area contributed by atoms with Crippen LogP contribution in [0.25, 0.3) is 0 Å². The van der Waals surface area contributed by atoms with Gasteiger partial charge in [0.1, 0.15) is 0 Å². The van der Waals surface area contributed by atoms with Crippen LogP contribution in [-0.2, 0) is 0 Å². The maximum atomic E-state index is 10.2. The third kappa shape index (κ3) is 3.38. The lowest BCUT2D eigenvalue weighted by Crippen LogP contribution is -2.18. The topological polar surface area (TPSA) is 77.4 Å². The maximum absolute atomic E-state index is 10.2. The van der Waals surface area contributed by atoms with E-state index in [2.05, 4.69) is 0 Å². The first-order valence-corrected chi connectivity index (χ1v) is 9.32. The Morgan fingerprint density at radius 2 is 1.32 bits per heavy atom. The molecule has 0 saturated heterocycles. The third-order valence-electron chi connectivity index (χ3n) is 5.69. The van der Waals surface area contributed by atoms with Crippen LogP contribution in [0.1, 0.15) is 34.9 Å². The number of aliphatic hydroxyl groups is 2. The quantitative estimate of drug-likeness (QED) is 0.724. The summed E-state index contributed by atoms with van der Waals surface area (Å²) in [6.07, 6.45) is 0.567. The Morgan fingerprint density at radius 3 is 1.86 bits per heavy atom. The second-order valence-corrected chi connectivity index (χ2v) is 6.89. The predicted molar refractivity (Wildman–Crippen MR) is 106 cm³/mol. The summed E-state index contributed by atoms with van der Waals surface area (Å²) in [6, 6.07) is 9.78. The molecule has 28 heavy (non-hydrogen) atoms. The molecule has 1 aliphatic rings. The van der Waals surface area contributed by atoms with Crippen LogP contribution < -0.4 is 18.9 Å². The van der Waals surface area contributed by atoms with Crippen LogP contribution in [0.3, 0.4) is 0 Å². The largest absolute Gasteiger partial charge is 0.493 e. The molecule has 0 fully saturated rings. The molecule has 0 heterocycles. The first-order valence-electron chi connectivity index (χ1n) is 9.32. The lowest BCUT2D eigenvalue weighted by molar-refractivity contribution is 0.181. The van der Waals surface area contributed by atoms with Crippen molar-refractivity contribution in [2.75, 3.05) is 41.7 Å². The molecular formula is C22H28O6. The Labute approximate surface area is 165 Å². The molecule has 0 aliphatic heterocycles. The molecule has 1 aliphatic carbocycles. The predicted octanol–water partition coefficient (Wildman–Crippen LogP) is 2.94. The highest BCUT2D eigenvalue weighted by molar-refractivity contribution is 5.57.